The molecule has 0 spiro atoms. The van der Waals surface area contributed by atoms with E-state index in [4.69, 9.17) is 9.47 Å². The Bertz CT molecular complexity index is 779. The van der Waals surface area contributed by atoms with Gasteiger partial charge in [0.15, 0.2) is 0 Å². The molecule has 0 saturated carbocycles. The zero-order valence-electron chi connectivity index (χ0n) is 18.6. The molecule has 31 heavy (non-hydrogen) atoms. The van der Waals surface area contributed by atoms with Crippen LogP contribution < -0.4 is 0 Å². The van der Waals surface area contributed by atoms with Crippen LogP contribution >= 0.6 is 0 Å². The largest absolute Gasteiger partial charge is 0.444 e. The Morgan fingerprint density at radius 1 is 1.29 bits per heavy atom. The van der Waals surface area contributed by atoms with Crippen molar-refractivity contribution in [2.75, 3.05) is 26.2 Å². The van der Waals surface area contributed by atoms with Crippen molar-refractivity contribution in [3.05, 3.63) is 35.6 Å². The fourth-order valence-electron chi connectivity index (χ4n) is 4.34. The highest BCUT2D eigenvalue weighted by Gasteiger charge is 2.44. The summed E-state index contributed by atoms with van der Waals surface area (Å²) in [6.07, 6.45) is 2.23. The second kappa shape index (κ2) is 9.42. The van der Waals surface area contributed by atoms with Crippen molar-refractivity contribution in [2.24, 2.45) is 0 Å². The number of amides is 2. The van der Waals surface area contributed by atoms with Crippen LogP contribution in [0.3, 0.4) is 0 Å². The van der Waals surface area contributed by atoms with Crippen molar-refractivity contribution in [2.45, 2.75) is 70.1 Å². The minimum atomic E-state index is -0.885. The fraction of sp³-hybridized carbons (Fsp3) is 0.652. The number of aliphatic hydroxyl groups excluding tert-OH is 1. The standard InChI is InChI=1S/C23H33FN2O5/c1-22(2,3)30-20(28)25-13-4-6-19(16-25)26-14-12-23(11-5-15-27,31-21(26)29)17-7-9-18(24)10-8-17/h7-10,19,27H,4-6,11-16H2,1-3H3/t19-,23?/m0/s1. The average Bonchev–Trinajstić information content (AvgIpc) is 2.71. The highest BCUT2D eigenvalue weighted by Crippen LogP contribution is 2.39. The molecular weight excluding hydrogens is 403 g/mol. The molecule has 8 heteroatoms. The zero-order chi connectivity index (χ0) is 22.6. The van der Waals surface area contributed by atoms with Crippen molar-refractivity contribution in [1.82, 2.24) is 9.80 Å². The minimum absolute atomic E-state index is 0.0162. The molecule has 0 bridgehead atoms. The van der Waals surface area contributed by atoms with Crippen LogP contribution in [-0.4, -0.2) is 65.0 Å². The molecule has 0 aromatic heterocycles. The number of halogens is 1. The summed E-state index contributed by atoms with van der Waals surface area (Å²) in [5.74, 6) is -0.353. The molecule has 2 heterocycles. The molecule has 2 atom stereocenters. The predicted molar refractivity (Wildman–Crippen MR) is 113 cm³/mol. The molecule has 7 nitrogen and oxygen atoms in total. The van der Waals surface area contributed by atoms with Crippen LogP contribution in [0.4, 0.5) is 14.0 Å². The summed E-state index contributed by atoms with van der Waals surface area (Å²) < 4.78 is 24.9. The van der Waals surface area contributed by atoms with Crippen LogP contribution in [0.15, 0.2) is 24.3 Å². The number of ether oxygens (including phenoxy) is 2. The summed E-state index contributed by atoms with van der Waals surface area (Å²) in [7, 11) is 0. The van der Waals surface area contributed by atoms with E-state index in [0.29, 0.717) is 38.9 Å². The van der Waals surface area contributed by atoms with Gasteiger partial charge in [-0.1, -0.05) is 12.1 Å². The van der Waals surface area contributed by atoms with E-state index in [-0.39, 0.29) is 24.6 Å². The van der Waals surface area contributed by atoms with Gasteiger partial charge >= 0.3 is 12.2 Å². The van der Waals surface area contributed by atoms with Crippen LogP contribution in [0, 0.1) is 5.82 Å². The van der Waals surface area contributed by atoms with Crippen molar-refractivity contribution < 1.29 is 28.6 Å². The monoisotopic (exact) mass is 436 g/mol. The molecule has 3 rings (SSSR count). The molecular formula is C23H33FN2O5. The summed E-state index contributed by atoms with van der Waals surface area (Å²) in [5, 5.41) is 9.33. The number of benzene rings is 1. The molecule has 2 amide bonds. The van der Waals surface area contributed by atoms with Crippen molar-refractivity contribution >= 4 is 12.2 Å². The van der Waals surface area contributed by atoms with Gasteiger partial charge in [-0.2, -0.15) is 0 Å². The number of hydrogen-bond donors (Lipinski definition) is 1. The van der Waals surface area contributed by atoms with E-state index >= 15 is 0 Å². The number of rotatable bonds is 5. The first-order valence-electron chi connectivity index (χ1n) is 11.0. The Balaban J connectivity index is 1.71. The van der Waals surface area contributed by atoms with Gasteiger partial charge in [-0.05, 0) is 64.2 Å². The third-order valence-electron chi connectivity index (χ3n) is 5.87. The van der Waals surface area contributed by atoms with Crippen LogP contribution in [0.25, 0.3) is 0 Å². The SMILES string of the molecule is CC(C)(C)OC(=O)N1CCC[C@H](N2CCC(CCCO)(c3ccc(F)cc3)OC2=O)C1. The van der Waals surface area contributed by atoms with E-state index in [1.54, 1.807) is 21.9 Å². The molecule has 2 aliphatic heterocycles. The number of aliphatic hydroxyl groups is 1. The lowest BCUT2D eigenvalue weighted by Gasteiger charge is -2.46. The van der Waals surface area contributed by atoms with Gasteiger partial charge in [0.25, 0.3) is 0 Å². The lowest BCUT2D eigenvalue weighted by Crippen LogP contribution is -2.57. The van der Waals surface area contributed by atoms with Crippen LogP contribution in [0.2, 0.25) is 0 Å². The van der Waals surface area contributed by atoms with E-state index in [0.717, 1.165) is 18.4 Å². The number of likely N-dealkylation sites (tertiary alicyclic amines) is 1. The summed E-state index contributed by atoms with van der Waals surface area (Å²) in [5.41, 5.74) is -0.728. The van der Waals surface area contributed by atoms with E-state index in [1.807, 2.05) is 20.8 Å². The maximum atomic E-state index is 13.4. The van der Waals surface area contributed by atoms with Gasteiger partial charge in [-0.3, -0.25) is 0 Å². The van der Waals surface area contributed by atoms with Gasteiger partial charge in [0.1, 0.15) is 17.0 Å². The second-order valence-electron chi connectivity index (χ2n) is 9.36. The lowest BCUT2D eigenvalue weighted by molar-refractivity contribution is -0.0748. The number of carbonyl (C=O) groups is 2. The normalized spacial score (nSPS) is 24.7. The fourth-order valence-corrected chi connectivity index (χ4v) is 4.34. The Hall–Kier alpha value is -2.35. The molecule has 0 radical (unpaired) electrons. The lowest BCUT2D eigenvalue weighted by atomic mass is 9.84. The summed E-state index contributed by atoms with van der Waals surface area (Å²) in [6, 6.07) is 5.85. The summed E-state index contributed by atoms with van der Waals surface area (Å²) in [4.78, 5) is 28.9. The van der Waals surface area contributed by atoms with Crippen molar-refractivity contribution in [3.63, 3.8) is 0 Å². The van der Waals surface area contributed by atoms with Gasteiger partial charge < -0.3 is 24.4 Å². The van der Waals surface area contributed by atoms with Crippen LogP contribution in [0.5, 0.6) is 0 Å². The zero-order valence-corrected chi connectivity index (χ0v) is 18.6. The number of hydrogen-bond acceptors (Lipinski definition) is 5. The molecule has 1 aromatic rings. The van der Waals surface area contributed by atoms with Gasteiger partial charge in [0, 0.05) is 32.7 Å². The van der Waals surface area contributed by atoms with Gasteiger partial charge in [0.2, 0.25) is 0 Å². The first-order valence-corrected chi connectivity index (χ1v) is 11.0. The Morgan fingerprint density at radius 2 is 2.00 bits per heavy atom. The molecule has 1 aromatic carbocycles. The van der Waals surface area contributed by atoms with Gasteiger partial charge in [0.05, 0.1) is 6.04 Å². The quantitative estimate of drug-likeness (QED) is 0.754. The molecule has 1 unspecified atom stereocenters. The van der Waals surface area contributed by atoms with Crippen molar-refractivity contribution in [3.8, 4) is 0 Å². The highest BCUT2D eigenvalue weighted by atomic mass is 19.1. The summed E-state index contributed by atoms with van der Waals surface area (Å²) >= 11 is 0. The molecule has 2 aliphatic rings. The van der Waals surface area contributed by atoms with E-state index < -0.39 is 17.3 Å². The topological polar surface area (TPSA) is 79.3 Å². The predicted octanol–water partition coefficient (Wildman–Crippen LogP) is 4.04. The van der Waals surface area contributed by atoms with Crippen LogP contribution in [0.1, 0.15) is 58.4 Å². The average molecular weight is 437 g/mol. The molecule has 0 aliphatic carbocycles. The minimum Gasteiger partial charge on any atom is -0.444 e. The molecule has 2 saturated heterocycles. The Morgan fingerprint density at radius 3 is 2.61 bits per heavy atom. The van der Waals surface area contributed by atoms with E-state index in [9.17, 15) is 19.1 Å². The van der Waals surface area contributed by atoms with Crippen molar-refractivity contribution in [1.29, 1.82) is 0 Å². The number of piperidine rings is 1. The first kappa shape index (κ1) is 23.3. The third-order valence-corrected chi connectivity index (χ3v) is 5.87. The third kappa shape index (κ3) is 5.67. The molecule has 172 valence electrons. The Kier molecular flexibility index (Phi) is 7.09. The maximum Gasteiger partial charge on any atom is 0.410 e. The van der Waals surface area contributed by atoms with E-state index in [1.165, 1.54) is 12.1 Å². The smallest absolute Gasteiger partial charge is 0.410 e. The van der Waals surface area contributed by atoms with E-state index in [2.05, 4.69) is 0 Å². The first-order chi connectivity index (χ1) is 14.6. The molecule has 2 fully saturated rings. The summed E-state index contributed by atoms with van der Waals surface area (Å²) in [6.45, 7) is 6.95. The highest BCUT2D eigenvalue weighted by molar-refractivity contribution is 5.71. The second-order valence-corrected chi connectivity index (χ2v) is 9.36. The van der Waals surface area contributed by atoms with Gasteiger partial charge in [-0.25, -0.2) is 14.0 Å². The van der Waals surface area contributed by atoms with Crippen LogP contribution in [-0.2, 0) is 15.1 Å². The van der Waals surface area contributed by atoms with Gasteiger partial charge in [-0.15, -0.1) is 0 Å². The molecule has 1 N–H and O–H groups in total. The maximum absolute atomic E-state index is 13.4. The number of nitrogens with zero attached hydrogens (tertiary/aromatic N) is 2. The Labute approximate surface area is 183 Å². The number of carbonyl (C=O) groups excluding carboxylic acids is 2. The number of cyclic esters (lactones) is 1.